The number of rotatable bonds is 2. The van der Waals surface area contributed by atoms with Gasteiger partial charge in [-0.15, -0.1) is 11.3 Å². The molecule has 2 heteroatoms. The summed E-state index contributed by atoms with van der Waals surface area (Å²) < 4.78 is 0. The van der Waals surface area contributed by atoms with Crippen LogP contribution in [0.4, 0.5) is 0 Å². The zero-order valence-electron chi connectivity index (χ0n) is 14.7. The summed E-state index contributed by atoms with van der Waals surface area (Å²) in [6, 6.07) is 10.6. The minimum atomic E-state index is 1.15. The van der Waals surface area contributed by atoms with E-state index in [0.717, 1.165) is 5.01 Å². The molecular weight excluding hydrogens is 310 g/mol. The predicted octanol–water partition coefficient (Wildman–Crippen LogP) is 6.95. The highest BCUT2D eigenvalue weighted by atomic mass is 32.1. The molecule has 1 aromatic carbocycles. The van der Waals surface area contributed by atoms with E-state index in [1.807, 2.05) is 11.3 Å². The quantitative estimate of drug-likeness (QED) is 0.579. The van der Waals surface area contributed by atoms with Crippen molar-refractivity contribution in [1.29, 1.82) is 0 Å². The largest absolute Gasteiger partial charge is 0.236 e. The van der Waals surface area contributed by atoms with Gasteiger partial charge in [-0.2, -0.15) is 0 Å². The van der Waals surface area contributed by atoms with E-state index in [9.17, 15) is 0 Å². The van der Waals surface area contributed by atoms with E-state index < -0.39 is 0 Å². The molecule has 0 radical (unpaired) electrons. The summed E-state index contributed by atoms with van der Waals surface area (Å²) in [6.07, 6.45) is 9.28. The highest BCUT2D eigenvalue weighted by molar-refractivity contribution is 7.15. The molecule has 0 aliphatic heterocycles. The molecule has 1 aromatic heterocycles. The second-order valence-corrected chi connectivity index (χ2v) is 8.24. The molecule has 2 fully saturated rings. The summed E-state index contributed by atoms with van der Waals surface area (Å²) in [7, 11) is 0. The molecule has 1 nitrogen and oxygen atoms in total. The minimum Gasteiger partial charge on any atom is -0.236 e. The van der Waals surface area contributed by atoms with Crippen molar-refractivity contribution >= 4 is 16.9 Å². The fourth-order valence-electron chi connectivity index (χ4n) is 4.24. The molecule has 2 aromatic rings. The van der Waals surface area contributed by atoms with Crippen molar-refractivity contribution in [2.45, 2.75) is 58.8 Å². The van der Waals surface area contributed by atoms with Crippen molar-refractivity contribution < 1.29 is 0 Å². The Bertz CT molecular complexity index is 800. The Morgan fingerprint density at radius 1 is 0.958 bits per heavy atom. The maximum atomic E-state index is 5.02. The van der Waals surface area contributed by atoms with E-state index >= 15 is 0 Å². The van der Waals surface area contributed by atoms with Crippen LogP contribution in [0.2, 0.25) is 0 Å². The Morgan fingerprint density at radius 2 is 1.71 bits per heavy atom. The Hall–Kier alpha value is -1.67. The van der Waals surface area contributed by atoms with Crippen molar-refractivity contribution in [3.8, 4) is 10.6 Å². The van der Waals surface area contributed by atoms with Crippen LogP contribution >= 0.6 is 11.3 Å². The van der Waals surface area contributed by atoms with Crippen LogP contribution in [-0.2, 0) is 0 Å². The number of hydrogen-bond donors (Lipinski definition) is 0. The van der Waals surface area contributed by atoms with E-state index in [2.05, 4.69) is 44.2 Å². The van der Waals surface area contributed by atoms with Gasteiger partial charge in [0, 0.05) is 10.4 Å². The normalized spacial score (nSPS) is 20.1. The first kappa shape index (κ1) is 15.8. The van der Waals surface area contributed by atoms with Gasteiger partial charge < -0.3 is 0 Å². The van der Waals surface area contributed by atoms with Crippen LogP contribution in [0.15, 0.2) is 47.1 Å². The van der Waals surface area contributed by atoms with Gasteiger partial charge in [-0.25, -0.2) is 4.98 Å². The van der Waals surface area contributed by atoms with Crippen LogP contribution in [0.5, 0.6) is 0 Å². The van der Waals surface area contributed by atoms with Gasteiger partial charge >= 0.3 is 0 Å². The Balaban J connectivity index is 1.75. The maximum Gasteiger partial charge on any atom is 0.124 e. The molecule has 24 heavy (non-hydrogen) atoms. The van der Waals surface area contributed by atoms with Gasteiger partial charge in [0.05, 0.1) is 5.69 Å². The Labute approximate surface area is 149 Å². The number of aryl methyl sites for hydroxylation is 1. The molecule has 0 spiro atoms. The van der Waals surface area contributed by atoms with E-state index in [0.29, 0.717) is 0 Å². The first-order valence-electron chi connectivity index (χ1n) is 9.18. The molecule has 0 saturated heterocycles. The lowest BCUT2D eigenvalue weighted by Gasteiger charge is -2.10. The predicted molar refractivity (Wildman–Crippen MR) is 104 cm³/mol. The van der Waals surface area contributed by atoms with Crippen LogP contribution in [0.3, 0.4) is 0 Å². The lowest BCUT2D eigenvalue weighted by atomic mass is 9.96. The molecule has 2 saturated carbocycles. The van der Waals surface area contributed by atoms with Crippen LogP contribution in [0, 0.1) is 6.92 Å². The first-order valence-corrected chi connectivity index (χ1v) is 10.00. The summed E-state index contributed by atoms with van der Waals surface area (Å²) in [4.78, 5) is 6.37. The van der Waals surface area contributed by atoms with Crippen LogP contribution in [-0.4, -0.2) is 4.98 Å². The third kappa shape index (κ3) is 2.88. The molecule has 124 valence electrons. The van der Waals surface area contributed by atoms with Gasteiger partial charge in [0.25, 0.3) is 0 Å². The average molecular weight is 336 g/mol. The summed E-state index contributed by atoms with van der Waals surface area (Å²) in [5, 5.41) is 1.15. The summed E-state index contributed by atoms with van der Waals surface area (Å²) in [5.41, 5.74) is 8.94. The van der Waals surface area contributed by atoms with Gasteiger partial charge in [0.2, 0.25) is 0 Å². The smallest absolute Gasteiger partial charge is 0.124 e. The zero-order chi connectivity index (χ0) is 16.5. The maximum absolute atomic E-state index is 5.02. The molecule has 1 heterocycles. The molecule has 2 aliphatic carbocycles. The fourth-order valence-corrected chi connectivity index (χ4v) is 5.22. The van der Waals surface area contributed by atoms with Crippen molar-refractivity contribution in [3.63, 3.8) is 0 Å². The Kier molecular flexibility index (Phi) is 4.41. The molecule has 0 bridgehead atoms. The highest BCUT2D eigenvalue weighted by Gasteiger charge is 2.23. The summed E-state index contributed by atoms with van der Waals surface area (Å²) >= 11 is 1.83. The number of thiazole rings is 1. The van der Waals surface area contributed by atoms with E-state index in [1.165, 1.54) is 66.7 Å². The van der Waals surface area contributed by atoms with Crippen molar-refractivity contribution in [3.05, 3.63) is 57.6 Å². The lowest BCUT2D eigenvalue weighted by molar-refractivity contribution is 0.886. The molecule has 0 amide bonds. The van der Waals surface area contributed by atoms with E-state index in [-0.39, 0.29) is 0 Å². The number of nitrogens with zero attached hydrogens (tertiary/aromatic N) is 1. The monoisotopic (exact) mass is 335 g/mol. The molecule has 0 N–H and O–H groups in total. The zero-order valence-corrected chi connectivity index (χ0v) is 15.5. The molecule has 2 aliphatic rings. The molecule has 0 atom stereocenters. The van der Waals surface area contributed by atoms with Gasteiger partial charge in [0.1, 0.15) is 5.01 Å². The van der Waals surface area contributed by atoms with Gasteiger partial charge in [-0.1, -0.05) is 35.9 Å². The third-order valence-electron chi connectivity index (χ3n) is 5.48. The van der Waals surface area contributed by atoms with Crippen molar-refractivity contribution in [2.75, 3.05) is 0 Å². The standard InChI is InChI=1S/C22H25NS/c1-15(19-13-8-14-20(19)17-9-6-7-10-17)21-16(2)24-22(23-21)18-11-4-3-5-12-18/h3-5,11-12H,6-10,13-14H2,1-2H3/b19-15-. The van der Waals surface area contributed by atoms with Crippen LogP contribution in [0.1, 0.15) is 62.4 Å². The highest BCUT2D eigenvalue weighted by Crippen LogP contribution is 2.43. The molecule has 0 unspecified atom stereocenters. The minimum absolute atomic E-state index is 1.15. The number of aromatic nitrogens is 1. The average Bonchev–Trinajstić information content (AvgIpc) is 3.35. The topological polar surface area (TPSA) is 12.9 Å². The number of benzene rings is 1. The van der Waals surface area contributed by atoms with Gasteiger partial charge in [0.15, 0.2) is 0 Å². The van der Waals surface area contributed by atoms with Crippen molar-refractivity contribution in [1.82, 2.24) is 4.98 Å². The van der Waals surface area contributed by atoms with E-state index in [1.54, 1.807) is 16.7 Å². The summed E-state index contributed by atoms with van der Waals surface area (Å²) in [5.74, 6) is 0. The Morgan fingerprint density at radius 3 is 2.46 bits per heavy atom. The lowest BCUT2D eigenvalue weighted by Crippen LogP contribution is -1.93. The van der Waals surface area contributed by atoms with Crippen molar-refractivity contribution in [2.24, 2.45) is 0 Å². The first-order chi connectivity index (χ1) is 11.7. The number of hydrogen-bond acceptors (Lipinski definition) is 2. The van der Waals surface area contributed by atoms with Crippen LogP contribution in [0.25, 0.3) is 16.1 Å². The second kappa shape index (κ2) is 6.68. The van der Waals surface area contributed by atoms with Gasteiger partial charge in [-0.3, -0.25) is 0 Å². The fraction of sp³-hybridized carbons (Fsp3) is 0.409. The van der Waals surface area contributed by atoms with Crippen LogP contribution < -0.4 is 0 Å². The number of allylic oxidation sites excluding steroid dienone is 4. The SMILES string of the molecule is C/C(=C1\CCCC1=C1CCCC1)c1nc(-c2ccccc2)sc1C. The second-order valence-electron chi connectivity index (χ2n) is 7.04. The molecule has 4 rings (SSSR count). The third-order valence-corrected chi connectivity index (χ3v) is 6.50. The summed E-state index contributed by atoms with van der Waals surface area (Å²) in [6.45, 7) is 4.52. The van der Waals surface area contributed by atoms with E-state index in [4.69, 9.17) is 4.98 Å². The molecular formula is C22H25NS. The van der Waals surface area contributed by atoms with Gasteiger partial charge in [-0.05, 0) is 75.5 Å².